The molecule has 21 heavy (non-hydrogen) atoms. The molecule has 112 valence electrons. The number of methoxy groups -OCH3 is 2. The van der Waals surface area contributed by atoms with Gasteiger partial charge in [0.05, 0.1) is 24.8 Å². The first-order valence-corrected chi connectivity index (χ1v) is 7.00. The Labute approximate surface area is 133 Å². The van der Waals surface area contributed by atoms with Gasteiger partial charge in [-0.25, -0.2) is 0 Å². The Morgan fingerprint density at radius 1 is 1.29 bits per heavy atom. The molecule has 0 saturated heterocycles. The molecule has 0 bridgehead atoms. The van der Waals surface area contributed by atoms with E-state index in [0.717, 1.165) is 0 Å². The highest BCUT2D eigenvalue weighted by atomic mass is 79.9. The van der Waals surface area contributed by atoms with Gasteiger partial charge in [-0.1, -0.05) is 0 Å². The van der Waals surface area contributed by atoms with Crippen LogP contribution in [0.15, 0.2) is 33.2 Å². The molecule has 0 aliphatic rings. The van der Waals surface area contributed by atoms with E-state index in [9.17, 15) is 10.1 Å². The third kappa shape index (κ3) is 3.14. The predicted octanol–water partition coefficient (Wildman–Crippen LogP) is 4.30. The molecule has 1 heterocycles. The van der Waals surface area contributed by atoms with Crippen molar-refractivity contribution in [1.82, 2.24) is 0 Å². The monoisotopic (exact) mass is 375 g/mol. The fourth-order valence-electron chi connectivity index (χ4n) is 1.81. The summed E-state index contributed by atoms with van der Waals surface area (Å²) in [5.74, 6) is 0.976. The number of furan rings is 1. The van der Waals surface area contributed by atoms with Crippen LogP contribution in [0.3, 0.4) is 0 Å². The second kappa shape index (κ2) is 6.36. The Morgan fingerprint density at radius 3 is 2.48 bits per heavy atom. The topological polar surface area (TPSA) is 74.7 Å². The average Bonchev–Trinajstić information content (AvgIpc) is 2.96. The number of rotatable bonds is 5. The molecule has 0 N–H and O–H groups in total. The van der Waals surface area contributed by atoms with Gasteiger partial charge < -0.3 is 13.9 Å². The van der Waals surface area contributed by atoms with Crippen LogP contribution in [-0.4, -0.2) is 19.1 Å². The van der Waals surface area contributed by atoms with Crippen LogP contribution in [0, 0.1) is 10.1 Å². The molecular formula is C13H11BrClNO5. The summed E-state index contributed by atoms with van der Waals surface area (Å²) in [6.07, 6.45) is 0. The van der Waals surface area contributed by atoms with Crippen LogP contribution in [0.5, 0.6) is 11.5 Å². The van der Waals surface area contributed by atoms with E-state index in [0.29, 0.717) is 21.5 Å². The smallest absolute Gasteiger partial charge is 0.433 e. The van der Waals surface area contributed by atoms with Crippen LogP contribution in [0.2, 0.25) is 0 Å². The van der Waals surface area contributed by atoms with E-state index in [1.165, 1.54) is 26.4 Å². The third-order valence-electron chi connectivity index (χ3n) is 2.82. The molecule has 2 aromatic rings. The number of nitrogens with zero attached hydrogens (tertiary/aromatic N) is 1. The maximum atomic E-state index is 10.7. The van der Waals surface area contributed by atoms with Crippen molar-refractivity contribution in [3.63, 3.8) is 0 Å². The Hall–Kier alpha value is -1.73. The molecule has 2 rings (SSSR count). The van der Waals surface area contributed by atoms with Gasteiger partial charge in [-0.15, -0.1) is 11.6 Å². The number of hydrogen-bond acceptors (Lipinski definition) is 5. The lowest BCUT2D eigenvalue weighted by Crippen LogP contribution is -1.98. The van der Waals surface area contributed by atoms with Crippen LogP contribution in [-0.2, 0) is 0 Å². The van der Waals surface area contributed by atoms with E-state index < -0.39 is 10.3 Å². The summed E-state index contributed by atoms with van der Waals surface area (Å²) in [5, 5.41) is 9.92. The molecule has 1 atom stereocenters. The van der Waals surface area contributed by atoms with Gasteiger partial charge in [-0.2, -0.15) is 0 Å². The minimum atomic E-state index is -0.740. The Morgan fingerprint density at radius 2 is 1.95 bits per heavy atom. The average molecular weight is 377 g/mol. The quantitative estimate of drug-likeness (QED) is 0.442. The first-order chi connectivity index (χ1) is 9.97. The van der Waals surface area contributed by atoms with Crippen molar-refractivity contribution in [1.29, 1.82) is 0 Å². The van der Waals surface area contributed by atoms with Crippen LogP contribution in [0.25, 0.3) is 0 Å². The zero-order valence-corrected chi connectivity index (χ0v) is 13.5. The van der Waals surface area contributed by atoms with Crippen molar-refractivity contribution in [2.45, 2.75) is 5.38 Å². The Kier molecular flexibility index (Phi) is 4.74. The Bertz CT molecular complexity index is 673. The lowest BCUT2D eigenvalue weighted by molar-refractivity contribution is -0.402. The number of ether oxygens (including phenoxy) is 2. The lowest BCUT2D eigenvalue weighted by atomic mass is 10.1. The van der Waals surface area contributed by atoms with Crippen molar-refractivity contribution in [3.05, 3.63) is 50.2 Å². The predicted molar refractivity (Wildman–Crippen MR) is 80.3 cm³/mol. The zero-order chi connectivity index (χ0) is 15.6. The van der Waals surface area contributed by atoms with E-state index in [-0.39, 0.29) is 11.6 Å². The third-order valence-corrected chi connectivity index (χ3v) is 3.89. The van der Waals surface area contributed by atoms with Crippen LogP contribution in [0.1, 0.15) is 16.7 Å². The number of benzene rings is 1. The molecule has 1 aromatic carbocycles. The van der Waals surface area contributed by atoms with E-state index >= 15 is 0 Å². The summed E-state index contributed by atoms with van der Waals surface area (Å²) in [6, 6.07) is 6.12. The van der Waals surface area contributed by atoms with E-state index in [1.54, 1.807) is 12.1 Å². The van der Waals surface area contributed by atoms with E-state index in [1.807, 2.05) is 0 Å². The SMILES string of the molecule is COc1cc(C(Cl)c2ccc([N+](=O)[O-])o2)c(OC)cc1Br. The molecule has 0 radical (unpaired) electrons. The van der Waals surface area contributed by atoms with Crippen molar-refractivity contribution >= 4 is 33.4 Å². The molecule has 8 heteroatoms. The van der Waals surface area contributed by atoms with Crippen molar-refractivity contribution in [2.24, 2.45) is 0 Å². The van der Waals surface area contributed by atoms with Gasteiger partial charge in [-0.05, 0) is 34.1 Å². The standard InChI is InChI=1S/C13H11BrClNO5/c1-19-10-6-8(14)11(20-2)5-7(10)13(15)9-3-4-12(21-9)16(17)18/h3-6,13H,1-2H3. The highest BCUT2D eigenvalue weighted by molar-refractivity contribution is 9.10. The molecule has 6 nitrogen and oxygen atoms in total. The van der Waals surface area contributed by atoms with Gasteiger partial charge in [0.1, 0.15) is 27.6 Å². The summed E-state index contributed by atoms with van der Waals surface area (Å²) in [7, 11) is 3.03. The molecule has 0 aliphatic heterocycles. The van der Waals surface area contributed by atoms with E-state index in [4.69, 9.17) is 25.5 Å². The largest absolute Gasteiger partial charge is 0.496 e. The maximum absolute atomic E-state index is 10.7. The van der Waals surface area contributed by atoms with Crippen molar-refractivity contribution in [2.75, 3.05) is 14.2 Å². The van der Waals surface area contributed by atoms with E-state index in [2.05, 4.69) is 15.9 Å². The molecule has 0 saturated carbocycles. The van der Waals surface area contributed by atoms with Crippen molar-refractivity contribution < 1.29 is 18.8 Å². The maximum Gasteiger partial charge on any atom is 0.433 e. The number of hydrogen-bond donors (Lipinski definition) is 0. The van der Waals surface area contributed by atoms with Crippen LogP contribution in [0.4, 0.5) is 5.88 Å². The summed E-state index contributed by atoms with van der Waals surface area (Å²) < 4.78 is 16.3. The molecular weight excluding hydrogens is 366 g/mol. The van der Waals surface area contributed by atoms with Gasteiger partial charge in [0.2, 0.25) is 0 Å². The second-order valence-corrected chi connectivity index (χ2v) is 5.32. The minimum Gasteiger partial charge on any atom is -0.496 e. The van der Waals surface area contributed by atoms with Crippen molar-refractivity contribution in [3.8, 4) is 11.5 Å². The highest BCUT2D eigenvalue weighted by Gasteiger charge is 2.23. The normalized spacial score (nSPS) is 12.0. The molecule has 0 spiro atoms. The molecule has 0 fully saturated rings. The molecule has 1 unspecified atom stereocenters. The van der Waals surface area contributed by atoms with Gasteiger partial charge >= 0.3 is 5.88 Å². The molecule has 1 aromatic heterocycles. The fraction of sp³-hybridized carbons (Fsp3) is 0.231. The summed E-state index contributed by atoms with van der Waals surface area (Å²) in [4.78, 5) is 10.0. The summed E-state index contributed by atoms with van der Waals surface area (Å²) in [6.45, 7) is 0. The fourth-order valence-corrected chi connectivity index (χ4v) is 2.58. The first kappa shape index (κ1) is 15.7. The van der Waals surface area contributed by atoms with Gasteiger partial charge in [0.15, 0.2) is 0 Å². The molecule has 0 aliphatic carbocycles. The second-order valence-electron chi connectivity index (χ2n) is 4.02. The summed E-state index contributed by atoms with van der Waals surface area (Å²) in [5.41, 5.74) is 0.587. The van der Waals surface area contributed by atoms with Gasteiger partial charge in [-0.3, -0.25) is 10.1 Å². The summed E-state index contributed by atoms with van der Waals surface area (Å²) >= 11 is 9.70. The minimum absolute atomic E-state index is 0.256. The van der Waals surface area contributed by atoms with Crippen LogP contribution >= 0.6 is 27.5 Å². The lowest BCUT2D eigenvalue weighted by Gasteiger charge is -2.14. The molecule has 0 amide bonds. The van der Waals surface area contributed by atoms with Gasteiger partial charge in [0, 0.05) is 5.56 Å². The number of halogens is 2. The first-order valence-electron chi connectivity index (χ1n) is 5.77. The number of alkyl halides is 1. The van der Waals surface area contributed by atoms with Gasteiger partial charge in [0.25, 0.3) is 0 Å². The van der Waals surface area contributed by atoms with Crippen LogP contribution < -0.4 is 9.47 Å². The zero-order valence-electron chi connectivity index (χ0n) is 11.1. The highest BCUT2D eigenvalue weighted by Crippen LogP contribution is 2.41. The number of nitro groups is 1. The Balaban J connectivity index is 2.45.